The maximum absolute atomic E-state index is 12.7. The summed E-state index contributed by atoms with van der Waals surface area (Å²) < 4.78 is 28.0. The van der Waals surface area contributed by atoms with Crippen LogP contribution in [0.4, 0.5) is 5.69 Å². The molecule has 0 saturated carbocycles. The van der Waals surface area contributed by atoms with Gasteiger partial charge in [0.1, 0.15) is 0 Å². The molecule has 4 rings (SSSR count). The van der Waals surface area contributed by atoms with Crippen LogP contribution in [0.5, 0.6) is 0 Å². The quantitative estimate of drug-likeness (QED) is 0.700. The van der Waals surface area contributed by atoms with Gasteiger partial charge in [-0.2, -0.15) is 0 Å². The summed E-state index contributed by atoms with van der Waals surface area (Å²) >= 11 is 5.90. The molecule has 3 aromatic carbocycles. The van der Waals surface area contributed by atoms with E-state index in [1.807, 2.05) is 36.4 Å². The molecule has 0 unspecified atom stereocenters. The monoisotopic (exact) mass is 384 g/mol. The average molecular weight is 385 g/mol. The van der Waals surface area contributed by atoms with Crippen LogP contribution in [-0.4, -0.2) is 8.42 Å². The molecule has 2 N–H and O–H groups in total. The van der Waals surface area contributed by atoms with E-state index in [0.717, 1.165) is 29.8 Å². The van der Waals surface area contributed by atoms with Gasteiger partial charge in [0.05, 0.1) is 4.90 Å². The summed E-state index contributed by atoms with van der Waals surface area (Å²) in [5.41, 5.74) is 4.83. The van der Waals surface area contributed by atoms with Crippen LogP contribution in [-0.2, 0) is 23.1 Å². The second kappa shape index (κ2) is 6.76. The first-order valence-corrected chi connectivity index (χ1v) is 10.1. The van der Waals surface area contributed by atoms with Crippen LogP contribution in [0.1, 0.15) is 11.1 Å². The molecular weight excluding hydrogens is 368 g/mol. The summed E-state index contributed by atoms with van der Waals surface area (Å²) in [5, 5.41) is 3.92. The number of halogens is 1. The fraction of sp³-hybridized carbons (Fsp3) is 0.100. The maximum atomic E-state index is 12.7. The molecule has 4 nitrogen and oxygen atoms in total. The molecule has 0 spiro atoms. The van der Waals surface area contributed by atoms with Crippen molar-refractivity contribution in [2.24, 2.45) is 0 Å². The first-order chi connectivity index (χ1) is 12.5. The number of nitrogens with one attached hydrogen (secondary N) is 2. The summed E-state index contributed by atoms with van der Waals surface area (Å²) in [4.78, 5) is 0.230. The van der Waals surface area contributed by atoms with Gasteiger partial charge in [-0.1, -0.05) is 41.9 Å². The summed E-state index contributed by atoms with van der Waals surface area (Å²) in [6, 6.07) is 19.9. The van der Waals surface area contributed by atoms with Gasteiger partial charge in [0.25, 0.3) is 10.0 Å². The Bertz CT molecular complexity index is 1050. The first-order valence-electron chi connectivity index (χ1n) is 8.23. The van der Waals surface area contributed by atoms with Gasteiger partial charge in [-0.05, 0) is 58.7 Å². The molecule has 132 valence electrons. The minimum absolute atomic E-state index is 0.230. The maximum Gasteiger partial charge on any atom is 0.261 e. The predicted octanol–water partition coefficient (Wildman–Crippen LogP) is 4.41. The molecule has 0 bridgehead atoms. The molecular formula is C20H17ClN2O2S. The number of sulfonamides is 1. The zero-order valence-electron chi connectivity index (χ0n) is 13.9. The van der Waals surface area contributed by atoms with Gasteiger partial charge in [0.2, 0.25) is 0 Å². The summed E-state index contributed by atoms with van der Waals surface area (Å²) in [5.74, 6) is 0. The highest BCUT2D eigenvalue weighted by atomic mass is 35.5. The largest absolute Gasteiger partial charge is 0.309 e. The van der Waals surface area contributed by atoms with Crippen molar-refractivity contribution in [3.8, 4) is 11.1 Å². The third-order valence-electron chi connectivity index (χ3n) is 4.43. The topological polar surface area (TPSA) is 58.2 Å². The molecule has 3 aromatic rings. The standard InChI is InChI=1S/C20H17ClN2O2S/c21-18-6-1-14(2-7-18)15-4-9-20(10-5-15)26(24,25)23-19-8-3-16-12-22-13-17(16)11-19/h1-11,22-23H,12-13H2. The van der Waals surface area contributed by atoms with Crippen molar-refractivity contribution < 1.29 is 8.42 Å². The van der Waals surface area contributed by atoms with E-state index in [1.165, 1.54) is 5.56 Å². The third kappa shape index (κ3) is 3.46. The zero-order valence-corrected chi connectivity index (χ0v) is 15.4. The fourth-order valence-electron chi connectivity index (χ4n) is 3.04. The van der Waals surface area contributed by atoms with E-state index < -0.39 is 10.0 Å². The van der Waals surface area contributed by atoms with Crippen molar-refractivity contribution in [3.63, 3.8) is 0 Å². The minimum atomic E-state index is -3.63. The van der Waals surface area contributed by atoms with E-state index in [2.05, 4.69) is 10.0 Å². The number of benzene rings is 3. The van der Waals surface area contributed by atoms with Crippen LogP contribution in [0.25, 0.3) is 11.1 Å². The van der Waals surface area contributed by atoms with E-state index in [1.54, 1.807) is 30.3 Å². The Morgan fingerprint density at radius 3 is 2.12 bits per heavy atom. The molecule has 1 heterocycles. The molecule has 0 atom stereocenters. The van der Waals surface area contributed by atoms with Crippen LogP contribution in [0.3, 0.4) is 0 Å². The van der Waals surface area contributed by atoms with E-state index >= 15 is 0 Å². The molecule has 0 saturated heterocycles. The van der Waals surface area contributed by atoms with Gasteiger partial charge >= 0.3 is 0 Å². The Hall–Kier alpha value is -2.34. The van der Waals surface area contributed by atoms with Crippen molar-refractivity contribution in [2.75, 3.05) is 4.72 Å². The summed E-state index contributed by atoms with van der Waals surface area (Å²) in [6.45, 7) is 1.59. The Balaban J connectivity index is 1.57. The second-order valence-electron chi connectivity index (χ2n) is 6.22. The van der Waals surface area contributed by atoms with Crippen LogP contribution in [0.2, 0.25) is 5.02 Å². The van der Waals surface area contributed by atoms with E-state index in [-0.39, 0.29) is 4.90 Å². The number of hydrogen-bond acceptors (Lipinski definition) is 3. The molecule has 0 aliphatic carbocycles. The Morgan fingerprint density at radius 1 is 0.808 bits per heavy atom. The lowest BCUT2D eigenvalue weighted by molar-refractivity contribution is 0.601. The molecule has 0 aromatic heterocycles. The highest BCUT2D eigenvalue weighted by Gasteiger charge is 2.16. The van der Waals surface area contributed by atoms with Gasteiger partial charge in [-0.3, -0.25) is 4.72 Å². The van der Waals surface area contributed by atoms with Crippen LogP contribution in [0, 0.1) is 0 Å². The van der Waals surface area contributed by atoms with Crippen molar-refractivity contribution in [1.29, 1.82) is 0 Å². The van der Waals surface area contributed by atoms with Crippen LogP contribution in [0.15, 0.2) is 71.6 Å². The Kier molecular flexibility index (Phi) is 4.44. The zero-order chi connectivity index (χ0) is 18.1. The van der Waals surface area contributed by atoms with Gasteiger partial charge in [0.15, 0.2) is 0 Å². The number of fused-ring (bicyclic) bond motifs is 1. The molecule has 6 heteroatoms. The van der Waals surface area contributed by atoms with Gasteiger partial charge in [-0.15, -0.1) is 0 Å². The molecule has 26 heavy (non-hydrogen) atoms. The van der Waals surface area contributed by atoms with Crippen LogP contribution < -0.4 is 10.0 Å². The third-order valence-corrected chi connectivity index (χ3v) is 6.08. The van der Waals surface area contributed by atoms with Gasteiger partial charge in [0, 0.05) is 23.8 Å². The fourth-order valence-corrected chi connectivity index (χ4v) is 4.22. The van der Waals surface area contributed by atoms with Crippen molar-refractivity contribution in [3.05, 3.63) is 82.9 Å². The van der Waals surface area contributed by atoms with Crippen molar-refractivity contribution in [2.45, 2.75) is 18.0 Å². The lowest BCUT2D eigenvalue weighted by Gasteiger charge is -2.10. The highest BCUT2D eigenvalue weighted by molar-refractivity contribution is 7.92. The average Bonchev–Trinajstić information content (AvgIpc) is 3.10. The van der Waals surface area contributed by atoms with E-state index in [0.29, 0.717) is 10.7 Å². The second-order valence-corrected chi connectivity index (χ2v) is 8.34. The summed E-state index contributed by atoms with van der Waals surface area (Å²) in [7, 11) is -3.63. The lowest BCUT2D eigenvalue weighted by atomic mass is 10.1. The minimum Gasteiger partial charge on any atom is -0.309 e. The van der Waals surface area contributed by atoms with E-state index in [9.17, 15) is 8.42 Å². The number of hydrogen-bond donors (Lipinski definition) is 2. The lowest BCUT2D eigenvalue weighted by Crippen LogP contribution is -2.13. The SMILES string of the molecule is O=S(=O)(Nc1ccc2c(c1)CNC2)c1ccc(-c2ccc(Cl)cc2)cc1. The normalized spacial score (nSPS) is 13.4. The summed E-state index contributed by atoms with van der Waals surface area (Å²) in [6.07, 6.45) is 0. The van der Waals surface area contributed by atoms with Crippen molar-refractivity contribution in [1.82, 2.24) is 5.32 Å². The molecule has 1 aliphatic rings. The van der Waals surface area contributed by atoms with E-state index in [4.69, 9.17) is 11.6 Å². The van der Waals surface area contributed by atoms with Gasteiger partial charge < -0.3 is 5.32 Å². The Morgan fingerprint density at radius 2 is 1.42 bits per heavy atom. The predicted molar refractivity (Wildman–Crippen MR) is 105 cm³/mol. The highest BCUT2D eigenvalue weighted by Crippen LogP contribution is 2.25. The number of rotatable bonds is 4. The first kappa shape index (κ1) is 17.1. The molecule has 0 fully saturated rings. The number of anilines is 1. The Labute approximate surface area is 157 Å². The smallest absolute Gasteiger partial charge is 0.261 e. The molecule has 0 amide bonds. The van der Waals surface area contributed by atoms with Gasteiger partial charge in [-0.25, -0.2) is 8.42 Å². The van der Waals surface area contributed by atoms with Crippen LogP contribution >= 0.6 is 11.6 Å². The molecule has 0 radical (unpaired) electrons. The van der Waals surface area contributed by atoms with Crippen molar-refractivity contribution >= 4 is 27.3 Å². The molecule has 1 aliphatic heterocycles.